The molecule has 14 heavy (non-hydrogen) atoms. The maximum atomic E-state index is 11.7. The molecule has 0 aliphatic heterocycles. The second-order valence-corrected chi connectivity index (χ2v) is 5.64. The molecular weight excluding hydrogens is 246 g/mol. The van der Waals surface area contributed by atoms with Crippen LogP contribution in [0.2, 0.25) is 0 Å². The predicted molar refractivity (Wildman–Crippen MR) is 61.5 cm³/mol. The van der Waals surface area contributed by atoms with Crippen molar-refractivity contribution in [1.29, 1.82) is 0 Å². The minimum atomic E-state index is -0.839. The summed E-state index contributed by atoms with van der Waals surface area (Å²) in [6.07, 6.45) is 0. The molecule has 0 aliphatic rings. The highest BCUT2D eigenvalue weighted by molar-refractivity contribution is 9.10. The second-order valence-electron chi connectivity index (χ2n) is 4.65. The lowest BCUT2D eigenvalue weighted by atomic mass is 10.1. The number of likely N-dealkylation sites (N-methyl/N-ethyl adjacent to an activating group) is 1. The highest BCUT2D eigenvalue weighted by Gasteiger charge is 2.25. The summed E-state index contributed by atoms with van der Waals surface area (Å²) < 4.78 is 0. The average molecular weight is 266 g/mol. The van der Waals surface area contributed by atoms with E-state index in [1.807, 2.05) is 13.8 Å². The van der Waals surface area contributed by atoms with E-state index >= 15 is 0 Å². The summed E-state index contributed by atoms with van der Waals surface area (Å²) in [7, 11) is 1.71. The van der Waals surface area contributed by atoms with Gasteiger partial charge in [0.15, 0.2) is 0 Å². The van der Waals surface area contributed by atoms with Crippen LogP contribution in [-0.4, -0.2) is 39.9 Å². The van der Waals surface area contributed by atoms with Gasteiger partial charge in [-0.05, 0) is 19.8 Å². The summed E-state index contributed by atoms with van der Waals surface area (Å²) in [6, 6.07) is 0. The Labute approximate surface area is 94.6 Å². The van der Waals surface area contributed by atoms with Gasteiger partial charge in [0.05, 0.1) is 10.4 Å². The average Bonchev–Trinajstić information content (AvgIpc) is 1.98. The van der Waals surface area contributed by atoms with Crippen molar-refractivity contribution in [3.63, 3.8) is 0 Å². The number of hydrogen-bond donors (Lipinski definition) is 1. The van der Waals surface area contributed by atoms with Crippen molar-refractivity contribution in [3.05, 3.63) is 0 Å². The monoisotopic (exact) mass is 265 g/mol. The van der Waals surface area contributed by atoms with Crippen LogP contribution in [-0.2, 0) is 4.79 Å². The van der Waals surface area contributed by atoms with Crippen LogP contribution in [0.15, 0.2) is 0 Å². The summed E-state index contributed by atoms with van der Waals surface area (Å²) in [5.41, 5.74) is -0.839. The molecule has 0 spiro atoms. The third-order valence-electron chi connectivity index (χ3n) is 1.82. The molecule has 1 unspecified atom stereocenters. The van der Waals surface area contributed by atoms with E-state index in [4.69, 9.17) is 0 Å². The van der Waals surface area contributed by atoms with E-state index in [2.05, 4.69) is 15.9 Å². The van der Waals surface area contributed by atoms with Crippen molar-refractivity contribution in [2.75, 3.05) is 13.6 Å². The Kier molecular flexibility index (Phi) is 5.09. The number of halogens is 1. The van der Waals surface area contributed by atoms with E-state index in [0.717, 1.165) is 0 Å². The maximum Gasteiger partial charge on any atom is 0.236 e. The molecule has 0 aromatic rings. The predicted octanol–water partition coefficient (Wildman–Crippen LogP) is 1.64. The van der Waals surface area contributed by atoms with Crippen LogP contribution < -0.4 is 0 Å². The minimum absolute atomic E-state index is 0.0159. The van der Waals surface area contributed by atoms with Crippen molar-refractivity contribution < 1.29 is 9.90 Å². The molecular formula is C10H20BrNO2. The van der Waals surface area contributed by atoms with Gasteiger partial charge in [-0.25, -0.2) is 0 Å². The molecule has 0 heterocycles. The van der Waals surface area contributed by atoms with Crippen molar-refractivity contribution in [1.82, 2.24) is 4.90 Å². The van der Waals surface area contributed by atoms with Crippen LogP contribution in [0, 0.1) is 5.92 Å². The Morgan fingerprint density at radius 3 is 2.21 bits per heavy atom. The van der Waals surface area contributed by atoms with Gasteiger partial charge in [0.2, 0.25) is 5.91 Å². The summed E-state index contributed by atoms with van der Waals surface area (Å²) in [5, 5.41) is 9.55. The summed E-state index contributed by atoms with van der Waals surface area (Å²) in [6.45, 7) is 7.69. The molecule has 3 nitrogen and oxygen atoms in total. The van der Waals surface area contributed by atoms with Gasteiger partial charge >= 0.3 is 0 Å². The molecule has 0 aromatic heterocycles. The molecule has 0 fully saturated rings. The Morgan fingerprint density at radius 1 is 1.50 bits per heavy atom. The number of carbonyl (C=O) groups is 1. The largest absolute Gasteiger partial charge is 0.389 e. The molecule has 1 atom stereocenters. The van der Waals surface area contributed by atoms with Gasteiger partial charge in [-0.3, -0.25) is 4.79 Å². The highest BCUT2D eigenvalue weighted by atomic mass is 79.9. The van der Waals surface area contributed by atoms with Crippen LogP contribution in [0.1, 0.15) is 27.7 Å². The van der Waals surface area contributed by atoms with Gasteiger partial charge in [-0.2, -0.15) is 0 Å². The number of aliphatic hydroxyl groups is 1. The lowest BCUT2D eigenvalue weighted by Gasteiger charge is -2.28. The van der Waals surface area contributed by atoms with Gasteiger partial charge in [0, 0.05) is 13.6 Å². The van der Waals surface area contributed by atoms with Gasteiger partial charge < -0.3 is 10.0 Å². The molecule has 0 bridgehead atoms. The minimum Gasteiger partial charge on any atom is -0.389 e. The van der Waals surface area contributed by atoms with E-state index in [1.165, 1.54) is 0 Å². The van der Waals surface area contributed by atoms with Crippen molar-refractivity contribution >= 4 is 21.8 Å². The zero-order chi connectivity index (χ0) is 11.5. The smallest absolute Gasteiger partial charge is 0.236 e. The normalized spacial score (nSPS) is 14.3. The third kappa shape index (κ3) is 4.96. The van der Waals surface area contributed by atoms with Gasteiger partial charge in [-0.15, -0.1) is 0 Å². The van der Waals surface area contributed by atoms with Crippen molar-refractivity contribution in [3.8, 4) is 0 Å². The second kappa shape index (κ2) is 5.12. The first-order valence-corrected chi connectivity index (χ1v) is 5.68. The number of amides is 1. The zero-order valence-electron chi connectivity index (χ0n) is 9.54. The quantitative estimate of drug-likeness (QED) is 0.786. The molecule has 0 saturated carbocycles. The molecule has 0 radical (unpaired) electrons. The third-order valence-corrected chi connectivity index (χ3v) is 3.27. The topological polar surface area (TPSA) is 40.5 Å². The molecule has 0 saturated heterocycles. The Hall–Kier alpha value is -0.0900. The number of carbonyl (C=O) groups excluding carboxylic acids is 1. The fourth-order valence-corrected chi connectivity index (χ4v) is 1.50. The summed E-state index contributed by atoms with van der Waals surface area (Å²) in [5.74, 6) is 0.272. The number of rotatable bonds is 4. The standard InChI is InChI=1S/C10H20BrNO2/c1-7(2)8(11)9(13)12(5)6-10(3,4)14/h7-8,14H,6H2,1-5H3. The first-order valence-electron chi connectivity index (χ1n) is 4.76. The van der Waals surface area contributed by atoms with E-state index in [1.54, 1.807) is 25.8 Å². The maximum absolute atomic E-state index is 11.7. The Morgan fingerprint density at radius 2 is 1.93 bits per heavy atom. The number of alkyl halides is 1. The molecule has 0 aromatic carbocycles. The highest BCUT2D eigenvalue weighted by Crippen LogP contribution is 2.15. The van der Waals surface area contributed by atoms with Gasteiger partial charge in [0.25, 0.3) is 0 Å². The van der Waals surface area contributed by atoms with Crippen molar-refractivity contribution in [2.24, 2.45) is 5.92 Å². The number of nitrogens with zero attached hydrogens (tertiary/aromatic N) is 1. The summed E-state index contributed by atoms with van der Waals surface area (Å²) >= 11 is 3.34. The lowest BCUT2D eigenvalue weighted by molar-refractivity contribution is -0.132. The first-order chi connectivity index (χ1) is 6.15. The van der Waals surface area contributed by atoms with Crippen LogP contribution in [0.25, 0.3) is 0 Å². The van der Waals surface area contributed by atoms with Crippen molar-refractivity contribution in [2.45, 2.75) is 38.1 Å². The van der Waals surface area contributed by atoms with Crippen LogP contribution in [0.3, 0.4) is 0 Å². The van der Waals surface area contributed by atoms with Gasteiger partial charge in [-0.1, -0.05) is 29.8 Å². The van der Waals surface area contributed by atoms with Crippen LogP contribution in [0.5, 0.6) is 0 Å². The van der Waals surface area contributed by atoms with Crippen LogP contribution in [0.4, 0.5) is 0 Å². The molecule has 1 N–H and O–H groups in total. The molecule has 0 rings (SSSR count). The number of hydrogen-bond acceptors (Lipinski definition) is 2. The van der Waals surface area contributed by atoms with E-state index in [0.29, 0.717) is 6.54 Å². The van der Waals surface area contributed by atoms with E-state index in [9.17, 15) is 9.90 Å². The zero-order valence-corrected chi connectivity index (χ0v) is 11.1. The molecule has 84 valence electrons. The van der Waals surface area contributed by atoms with Gasteiger partial charge in [0.1, 0.15) is 0 Å². The lowest BCUT2D eigenvalue weighted by Crippen LogP contribution is -2.43. The molecule has 4 heteroatoms. The van der Waals surface area contributed by atoms with Crippen LogP contribution >= 0.6 is 15.9 Å². The fraction of sp³-hybridized carbons (Fsp3) is 0.900. The van der Waals surface area contributed by atoms with E-state index < -0.39 is 5.60 Å². The van der Waals surface area contributed by atoms with E-state index in [-0.39, 0.29) is 16.7 Å². The Bertz CT molecular complexity index is 199. The molecule has 1 amide bonds. The fourth-order valence-electron chi connectivity index (χ4n) is 1.15. The summed E-state index contributed by atoms with van der Waals surface area (Å²) in [4.78, 5) is 13.1. The SMILES string of the molecule is CC(C)C(Br)C(=O)N(C)CC(C)(C)O. The first kappa shape index (κ1) is 13.9. The molecule has 0 aliphatic carbocycles. The Balaban J connectivity index is 4.26.